The van der Waals surface area contributed by atoms with Crippen molar-refractivity contribution in [2.24, 2.45) is 0 Å². The molecule has 2 aromatic rings. The van der Waals surface area contributed by atoms with Crippen LogP contribution in [0, 0.1) is 0 Å². The van der Waals surface area contributed by atoms with Gasteiger partial charge in [0.05, 0.1) is 5.69 Å². The molecule has 1 fully saturated rings. The van der Waals surface area contributed by atoms with E-state index in [2.05, 4.69) is 32.1 Å². The smallest absolute Gasteiger partial charge is 0.154 e. The van der Waals surface area contributed by atoms with Crippen LogP contribution in [0.15, 0.2) is 35.1 Å². The van der Waals surface area contributed by atoms with Crippen LogP contribution >= 0.6 is 15.9 Å². The van der Waals surface area contributed by atoms with Crippen molar-refractivity contribution < 1.29 is 0 Å². The molecule has 0 atom stereocenters. The third-order valence-electron chi connectivity index (χ3n) is 2.54. The van der Waals surface area contributed by atoms with E-state index >= 15 is 0 Å². The lowest BCUT2D eigenvalue weighted by atomic mass is 10.3. The highest BCUT2D eigenvalue weighted by molar-refractivity contribution is 9.10. The van der Waals surface area contributed by atoms with Gasteiger partial charge in [0.15, 0.2) is 5.82 Å². The number of hydrogen-bond donors (Lipinski definition) is 0. The van der Waals surface area contributed by atoms with Crippen molar-refractivity contribution >= 4 is 15.9 Å². The first-order valence-electron chi connectivity index (χ1n) is 5.01. The number of hydrogen-bond acceptors (Lipinski definition) is 2. The van der Waals surface area contributed by atoms with Crippen LogP contribution in [-0.2, 0) is 0 Å². The summed E-state index contributed by atoms with van der Waals surface area (Å²) in [6.07, 6.45) is 4.54. The molecule has 3 rings (SSSR count). The van der Waals surface area contributed by atoms with E-state index in [1.807, 2.05) is 29.1 Å². The molecule has 0 unspecified atom stereocenters. The number of aromatic nitrogens is 3. The quantitative estimate of drug-likeness (QED) is 0.781. The van der Waals surface area contributed by atoms with Crippen LogP contribution < -0.4 is 0 Å². The lowest BCUT2D eigenvalue weighted by Gasteiger charge is -1.99. The molecule has 1 aliphatic rings. The van der Waals surface area contributed by atoms with E-state index < -0.39 is 0 Å². The minimum Gasteiger partial charge on any atom is -0.222 e. The highest BCUT2D eigenvalue weighted by Gasteiger charge is 2.25. The van der Waals surface area contributed by atoms with Crippen molar-refractivity contribution in [2.45, 2.75) is 18.8 Å². The van der Waals surface area contributed by atoms with E-state index in [0.29, 0.717) is 5.92 Å². The zero-order chi connectivity index (χ0) is 10.3. The maximum Gasteiger partial charge on any atom is 0.154 e. The van der Waals surface area contributed by atoms with Crippen LogP contribution in [0.2, 0.25) is 0 Å². The fourth-order valence-corrected chi connectivity index (χ4v) is 1.92. The Kier molecular flexibility index (Phi) is 2.09. The summed E-state index contributed by atoms with van der Waals surface area (Å²) >= 11 is 3.36. The average molecular weight is 264 g/mol. The summed E-state index contributed by atoms with van der Waals surface area (Å²) < 4.78 is 2.67. The predicted molar refractivity (Wildman–Crippen MR) is 61.0 cm³/mol. The first-order valence-corrected chi connectivity index (χ1v) is 5.81. The van der Waals surface area contributed by atoms with Crippen LogP contribution in [0.25, 0.3) is 5.82 Å². The zero-order valence-electron chi connectivity index (χ0n) is 8.10. The fourth-order valence-electron chi connectivity index (χ4n) is 1.59. The molecule has 1 saturated carbocycles. The number of nitrogens with zero attached hydrogens (tertiary/aromatic N) is 3. The van der Waals surface area contributed by atoms with E-state index in [1.54, 1.807) is 0 Å². The third-order valence-corrected chi connectivity index (χ3v) is 2.98. The minimum absolute atomic E-state index is 0.693. The van der Waals surface area contributed by atoms with E-state index in [9.17, 15) is 0 Å². The molecular formula is C11H10BrN3. The fraction of sp³-hybridized carbons (Fsp3) is 0.273. The molecule has 2 aromatic heterocycles. The molecule has 0 N–H and O–H groups in total. The molecule has 0 aliphatic heterocycles. The molecule has 2 heterocycles. The standard InChI is InChI=1S/C11H10BrN3/c12-10-2-1-3-11(13-10)15-7-6-9(14-15)8-4-5-8/h1-3,6-8H,4-5H2. The number of halogens is 1. The molecule has 0 aromatic carbocycles. The lowest BCUT2D eigenvalue weighted by Crippen LogP contribution is -1.98. The van der Waals surface area contributed by atoms with Gasteiger partial charge in [-0.2, -0.15) is 5.10 Å². The van der Waals surface area contributed by atoms with Gasteiger partial charge in [0.25, 0.3) is 0 Å². The normalized spacial score (nSPS) is 15.5. The largest absolute Gasteiger partial charge is 0.222 e. The van der Waals surface area contributed by atoms with Crippen molar-refractivity contribution in [2.75, 3.05) is 0 Å². The molecule has 0 bridgehead atoms. The van der Waals surface area contributed by atoms with Crippen LogP contribution in [0.4, 0.5) is 0 Å². The van der Waals surface area contributed by atoms with Crippen molar-refractivity contribution in [1.82, 2.24) is 14.8 Å². The van der Waals surface area contributed by atoms with Gasteiger partial charge in [-0.3, -0.25) is 0 Å². The Balaban J connectivity index is 1.97. The predicted octanol–water partition coefficient (Wildman–Crippen LogP) is 2.91. The van der Waals surface area contributed by atoms with E-state index in [0.717, 1.165) is 10.4 Å². The summed E-state index contributed by atoms with van der Waals surface area (Å²) in [6, 6.07) is 7.91. The molecule has 0 saturated heterocycles. The summed E-state index contributed by atoms with van der Waals surface area (Å²) in [6.45, 7) is 0. The van der Waals surface area contributed by atoms with Crippen LogP contribution in [0.1, 0.15) is 24.5 Å². The Morgan fingerprint density at radius 2 is 2.13 bits per heavy atom. The summed E-state index contributed by atoms with van der Waals surface area (Å²) in [5.41, 5.74) is 1.19. The molecule has 3 nitrogen and oxygen atoms in total. The van der Waals surface area contributed by atoms with Crippen LogP contribution in [0.3, 0.4) is 0 Å². The second-order valence-electron chi connectivity index (χ2n) is 3.78. The third kappa shape index (κ3) is 1.81. The van der Waals surface area contributed by atoms with Gasteiger partial charge >= 0.3 is 0 Å². The van der Waals surface area contributed by atoms with Crippen molar-refractivity contribution in [3.8, 4) is 5.82 Å². The summed E-state index contributed by atoms with van der Waals surface area (Å²) in [5, 5.41) is 4.52. The molecule has 1 aliphatic carbocycles. The molecule has 0 spiro atoms. The van der Waals surface area contributed by atoms with Crippen molar-refractivity contribution in [1.29, 1.82) is 0 Å². The average Bonchev–Trinajstić information content (AvgIpc) is 2.97. The molecule has 0 radical (unpaired) electrons. The highest BCUT2D eigenvalue weighted by atomic mass is 79.9. The van der Waals surface area contributed by atoms with Gasteiger partial charge in [0.1, 0.15) is 4.60 Å². The van der Waals surface area contributed by atoms with Gasteiger partial charge in [-0.05, 0) is 47.0 Å². The molecule has 15 heavy (non-hydrogen) atoms. The Hall–Kier alpha value is -1.16. The Labute approximate surface area is 96.3 Å². The molecule has 4 heteroatoms. The number of pyridine rings is 1. The van der Waals surface area contributed by atoms with Gasteiger partial charge in [-0.15, -0.1) is 0 Å². The van der Waals surface area contributed by atoms with E-state index in [4.69, 9.17) is 0 Å². The van der Waals surface area contributed by atoms with Gasteiger partial charge in [-0.1, -0.05) is 6.07 Å². The van der Waals surface area contributed by atoms with Crippen molar-refractivity contribution in [3.05, 3.63) is 40.8 Å². The Morgan fingerprint density at radius 1 is 1.27 bits per heavy atom. The maximum absolute atomic E-state index is 4.52. The Morgan fingerprint density at radius 3 is 2.87 bits per heavy atom. The monoisotopic (exact) mass is 263 g/mol. The van der Waals surface area contributed by atoms with Gasteiger partial charge < -0.3 is 0 Å². The number of rotatable bonds is 2. The molecule has 0 amide bonds. The molecule has 76 valence electrons. The second kappa shape index (κ2) is 3.45. The van der Waals surface area contributed by atoms with Gasteiger partial charge in [0.2, 0.25) is 0 Å². The SMILES string of the molecule is Brc1cccc(-n2ccc(C3CC3)n2)n1. The first-order chi connectivity index (χ1) is 7.33. The topological polar surface area (TPSA) is 30.7 Å². The van der Waals surface area contributed by atoms with E-state index in [1.165, 1.54) is 18.5 Å². The summed E-state index contributed by atoms with van der Waals surface area (Å²) in [5.74, 6) is 1.55. The Bertz CT molecular complexity index is 488. The van der Waals surface area contributed by atoms with Gasteiger partial charge in [0, 0.05) is 12.1 Å². The van der Waals surface area contributed by atoms with E-state index in [-0.39, 0.29) is 0 Å². The summed E-state index contributed by atoms with van der Waals surface area (Å²) in [4.78, 5) is 4.35. The van der Waals surface area contributed by atoms with Crippen molar-refractivity contribution in [3.63, 3.8) is 0 Å². The highest BCUT2D eigenvalue weighted by Crippen LogP contribution is 2.38. The minimum atomic E-state index is 0.693. The van der Waals surface area contributed by atoms with Crippen LogP contribution in [-0.4, -0.2) is 14.8 Å². The van der Waals surface area contributed by atoms with Crippen LogP contribution in [0.5, 0.6) is 0 Å². The second-order valence-corrected chi connectivity index (χ2v) is 4.59. The maximum atomic E-state index is 4.52. The van der Waals surface area contributed by atoms with Gasteiger partial charge in [-0.25, -0.2) is 9.67 Å². The first kappa shape index (κ1) is 9.09. The lowest BCUT2D eigenvalue weighted by molar-refractivity contribution is 0.810. The summed E-state index contributed by atoms with van der Waals surface area (Å²) in [7, 11) is 0. The molecular weight excluding hydrogens is 254 g/mol. The zero-order valence-corrected chi connectivity index (χ0v) is 9.68.